The van der Waals surface area contributed by atoms with Gasteiger partial charge in [0.15, 0.2) is 0 Å². The third-order valence-corrected chi connectivity index (χ3v) is 23.0. The molecule has 24 nitrogen and oxygen atoms in total. The molecule has 0 aromatic heterocycles. The van der Waals surface area contributed by atoms with Gasteiger partial charge in [-0.1, -0.05) is 141 Å². The highest BCUT2D eigenvalue weighted by Gasteiger charge is 2.51. The van der Waals surface area contributed by atoms with Crippen molar-refractivity contribution in [2.24, 2.45) is 23.7 Å². The predicted molar refractivity (Wildman–Crippen MR) is 391 cm³/mol. The molecule has 2 aromatic carbocycles. The van der Waals surface area contributed by atoms with Gasteiger partial charge in [0.1, 0.15) is 59.9 Å². The number of fused-ring (bicyclic) bond motifs is 1. The van der Waals surface area contributed by atoms with Crippen molar-refractivity contribution in [1.29, 1.82) is 0 Å². The van der Waals surface area contributed by atoms with Crippen molar-refractivity contribution >= 4 is 82.5 Å². The molecule has 12 amide bonds. The van der Waals surface area contributed by atoms with Gasteiger partial charge in [-0.05, 0) is 118 Å². The number of hydrogen-bond acceptors (Lipinski definition) is 12. The van der Waals surface area contributed by atoms with E-state index < -0.39 is 172 Å². The Kier molecular flexibility index (Phi) is 29.8. The number of alkyl halides is 3. The zero-order valence-corrected chi connectivity index (χ0v) is 64.8. The Hall–Kier alpha value is -7.84. The van der Waals surface area contributed by atoms with Crippen LogP contribution in [0.2, 0.25) is 5.02 Å². The molecular formula is C77H114ClF3N12O12. The summed E-state index contributed by atoms with van der Waals surface area (Å²) in [5.41, 5.74) is -1.88. The summed E-state index contributed by atoms with van der Waals surface area (Å²) >= 11 is 6.20. The fourth-order valence-electron chi connectivity index (χ4n) is 15.7. The summed E-state index contributed by atoms with van der Waals surface area (Å²) in [6, 6.07) is 0.413. The van der Waals surface area contributed by atoms with Gasteiger partial charge in [0.05, 0.1) is 23.6 Å². The fourth-order valence-corrected chi connectivity index (χ4v) is 16.0. The van der Waals surface area contributed by atoms with E-state index in [4.69, 9.17) is 11.6 Å². The molecule has 105 heavy (non-hydrogen) atoms. The summed E-state index contributed by atoms with van der Waals surface area (Å²) in [7, 11) is 9.93. The molecule has 1 spiro atoms. The van der Waals surface area contributed by atoms with E-state index in [0.717, 1.165) is 60.5 Å². The maximum atomic E-state index is 15.7. The number of hydrogen-bond donors (Lipinski definition) is 3. The smallest absolute Gasteiger partial charge is 0.343 e. The molecule has 1 unspecified atom stereocenters. The van der Waals surface area contributed by atoms with E-state index in [9.17, 15) is 37.1 Å². The number of likely N-dealkylation sites (N-methyl/N-ethyl adjacent to an activating group) is 7. The fraction of sp³-hybridized carbons (Fsp3) is 0.688. The molecule has 3 heterocycles. The Morgan fingerprint density at radius 3 is 1.82 bits per heavy atom. The minimum absolute atomic E-state index is 0.00526. The molecule has 0 radical (unpaired) electrons. The van der Waals surface area contributed by atoms with Gasteiger partial charge in [0.2, 0.25) is 70.9 Å². The number of aryl methyl sites for hydroxylation is 1. The highest BCUT2D eigenvalue weighted by atomic mass is 35.5. The molecule has 2 aromatic rings. The van der Waals surface area contributed by atoms with Crippen LogP contribution in [0.5, 0.6) is 0 Å². The van der Waals surface area contributed by atoms with Crippen LogP contribution in [-0.4, -0.2) is 250 Å². The lowest BCUT2D eigenvalue weighted by molar-refractivity contribution is -0.160. The number of carbonyl (C=O) groups is 12. The summed E-state index contributed by atoms with van der Waals surface area (Å²) < 4.78 is 42.0. The summed E-state index contributed by atoms with van der Waals surface area (Å²) in [5, 5.41) is 8.18. The average Bonchev–Trinajstić information content (AvgIpc) is 1.77. The summed E-state index contributed by atoms with van der Waals surface area (Å²) in [6.45, 7) is 12.5. The molecular weight excluding hydrogens is 1380 g/mol. The van der Waals surface area contributed by atoms with Gasteiger partial charge in [-0.2, -0.15) is 13.2 Å². The van der Waals surface area contributed by atoms with E-state index in [1.54, 1.807) is 56.0 Å². The number of rotatable bonds is 13. The highest BCUT2D eigenvalue weighted by molar-refractivity contribution is 6.31. The Balaban J connectivity index is 1.33. The monoisotopic (exact) mass is 1490 g/mol. The molecule has 582 valence electrons. The Labute approximate surface area is 622 Å². The Morgan fingerprint density at radius 2 is 1.25 bits per heavy atom. The van der Waals surface area contributed by atoms with Crippen LogP contribution >= 0.6 is 11.6 Å². The first-order chi connectivity index (χ1) is 49.4. The standard InChI is InChI=1S/C77H114ClF3N12O12/c1-15-49(6)64-73(103)86(9)50(7)68(98)93-40-35-57(93)71(101)89(12)60(44-52-29-21-17-22-30-52)70(100)85(8)46-62(94)82-56(34-32-53-31-33-54(55(78)42-53)77(79,80)81)69(99)88(11)59(43-51-27-19-16-20-28-51)67(97)84-76(36-23-24-37-76)75(105)91(14)65(48(4)5)74(104)90(13)61(72(102)92-38-25-18-26-39-92)45-63(95)87(10)58(41-47(2)3)66(96)83-64/h16,19-20,27-28,31,33,42,47-50,52,56-61,64-65H,15,17-18,21-26,29-30,32,34-41,43-46H2,1-14H3,(H,82,94)(H,83,96)(H,84,97)/t49-,50-,56-,57?,58-,59+,60-,61-,64-,65-/m0/s1. The van der Waals surface area contributed by atoms with Crippen molar-refractivity contribution in [3.8, 4) is 0 Å². The van der Waals surface area contributed by atoms with Crippen molar-refractivity contribution in [2.75, 3.05) is 75.5 Å². The van der Waals surface area contributed by atoms with Crippen LogP contribution < -0.4 is 16.0 Å². The zero-order chi connectivity index (χ0) is 77.7. The third kappa shape index (κ3) is 20.7. The van der Waals surface area contributed by atoms with Crippen LogP contribution in [-0.2, 0) is 76.6 Å². The van der Waals surface area contributed by atoms with Crippen LogP contribution in [0.1, 0.15) is 181 Å². The summed E-state index contributed by atoms with van der Waals surface area (Å²) in [6.07, 6.45) is 2.74. The predicted octanol–water partition coefficient (Wildman–Crippen LogP) is 7.11. The van der Waals surface area contributed by atoms with Crippen LogP contribution in [0, 0.1) is 23.7 Å². The summed E-state index contributed by atoms with van der Waals surface area (Å²) in [4.78, 5) is 193. The first-order valence-corrected chi connectivity index (χ1v) is 38.1. The quantitative estimate of drug-likeness (QED) is 0.181. The van der Waals surface area contributed by atoms with Gasteiger partial charge in [-0.3, -0.25) is 57.5 Å². The Bertz CT molecular complexity index is 3440. The van der Waals surface area contributed by atoms with Gasteiger partial charge < -0.3 is 60.0 Å². The lowest BCUT2D eigenvalue weighted by Crippen LogP contribution is -2.65. The number of likely N-dealkylation sites (tertiary alicyclic amines) is 1. The molecule has 7 rings (SSSR count). The number of amides is 12. The third-order valence-electron chi connectivity index (χ3n) is 22.7. The van der Waals surface area contributed by atoms with Crippen molar-refractivity contribution in [1.82, 2.24) is 60.0 Å². The number of piperidine rings is 1. The van der Waals surface area contributed by atoms with E-state index in [1.807, 2.05) is 20.8 Å². The first-order valence-electron chi connectivity index (χ1n) is 37.7. The van der Waals surface area contributed by atoms with Crippen LogP contribution in [0.4, 0.5) is 13.2 Å². The molecule has 2 aliphatic carbocycles. The molecule has 28 heteroatoms. The summed E-state index contributed by atoms with van der Waals surface area (Å²) in [5.74, 6) is -9.31. The van der Waals surface area contributed by atoms with E-state index in [0.29, 0.717) is 50.8 Å². The van der Waals surface area contributed by atoms with Crippen molar-refractivity contribution in [3.05, 3.63) is 70.2 Å². The normalized spacial score (nSPS) is 26.5. The number of halogens is 4. The lowest BCUT2D eigenvalue weighted by Gasteiger charge is -2.45. The molecule has 3 N–H and O–H groups in total. The van der Waals surface area contributed by atoms with E-state index in [2.05, 4.69) is 16.0 Å². The number of carbonyl (C=O) groups excluding carboxylic acids is 12. The van der Waals surface area contributed by atoms with Gasteiger partial charge >= 0.3 is 6.18 Å². The lowest BCUT2D eigenvalue weighted by atomic mass is 9.84. The molecule has 3 saturated heterocycles. The Morgan fingerprint density at radius 1 is 0.629 bits per heavy atom. The molecule has 5 fully saturated rings. The van der Waals surface area contributed by atoms with Gasteiger partial charge in [0, 0.05) is 75.4 Å². The van der Waals surface area contributed by atoms with Crippen molar-refractivity contribution < 1.29 is 70.7 Å². The molecule has 5 aliphatic rings. The van der Waals surface area contributed by atoms with E-state index in [-0.39, 0.29) is 75.3 Å². The maximum absolute atomic E-state index is 15.7. The van der Waals surface area contributed by atoms with E-state index >= 15 is 33.6 Å². The highest BCUT2D eigenvalue weighted by Crippen LogP contribution is 2.37. The number of benzene rings is 2. The second-order valence-corrected chi connectivity index (χ2v) is 31.4. The topological polar surface area (TPSA) is 270 Å². The first kappa shape index (κ1) is 84.4. The molecule has 3 aliphatic heterocycles. The van der Waals surface area contributed by atoms with Gasteiger partial charge in [0.25, 0.3) is 0 Å². The van der Waals surface area contributed by atoms with Gasteiger partial charge in [-0.15, -0.1) is 0 Å². The SMILES string of the molecule is CC[C@H](C)[C@@H]1NC(=O)[C@H](CC(C)C)N(C)C(=O)C[C@@H](C(=O)N2CCCCC2)N(C)C(=O)[C@H](C(C)C)N(C)C(=O)C2(CCCC2)NC(=O)[C@@H](Cc2ccccc2)N(C)C(=O)[C@H](CCc2ccc(C(F)(F)F)c(Cl)c2)NC(=O)CN(C)C(=O)[C@H](CC2CCCCC2)N(C)C(=O)C2CCN2C(=O)[C@H](C)N(C)C1=O. The van der Waals surface area contributed by atoms with Crippen LogP contribution in [0.15, 0.2) is 48.5 Å². The molecule has 10 atom stereocenters. The second-order valence-electron chi connectivity index (χ2n) is 30.9. The van der Waals surface area contributed by atoms with Crippen LogP contribution in [0.3, 0.4) is 0 Å². The van der Waals surface area contributed by atoms with Gasteiger partial charge in [-0.25, -0.2) is 0 Å². The van der Waals surface area contributed by atoms with Crippen molar-refractivity contribution in [3.63, 3.8) is 0 Å². The zero-order valence-electron chi connectivity index (χ0n) is 64.0. The largest absolute Gasteiger partial charge is 0.417 e. The van der Waals surface area contributed by atoms with Crippen LogP contribution in [0.25, 0.3) is 0 Å². The minimum Gasteiger partial charge on any atom is -0.343 e. The maximum Gasteiger partial charge on any atom is 0.417 e. The van der Waals surface area contributed by atoms with E-state index in [1.165, 1.54) is 91.7 Å². The van der Waals surface area contributed by atoms with Crippen molar-refractivity contribution in [2.45, 2.75) is 243 Å². The second kappa shape index (κ2) is 37.1. The average molecular weight is 1490 g/mol. The molecule has 0 bridgehead atoms. The number of nitrogens with zero attached hydrogens (tertiary/aromatic N) is 9. The number of nitrogens with one attached hydrogen (secondary N) is 3. The minimum atomic E-state index is -4.78. The molecule has 2 saturated carbocycles.